The van der Waals surface area contributed by atoms with Gasteiger partial charge in [0.2, 0.25) is 0 Å². The first-order valence-corrected chi connectivity index (χ1v) is 16.2. The number of phenols is 1. The zero-order chi connectivity index (χ0) is 33.9. The van der Waals surface area contributed by atoms with Gasteiger partial charge in [-0.25, -0.2) is 0 Å². The first kappa shape index (κ1) is 34.7. The molecule has 8 nitrogen and oxygen atoms in total. The van der Waals surface area contributed by atoms with Crippen LogP contribution in [0.25, 0.3) is 16.7 Å². The molecule has 46 heavy (non-hydrogen) atoms. The number of phenolic OH excluding ortho intramolecular Hbond substituents is 1. The van der Waals surface area contributed by atoms with E-state index < -0.39 is 5.41 Å². The summed E-state index contributed by atoms with van der Waals surface area (Å²) in [6.07, 6.45) is 1.89. The van der Waals surface area contributed by atoms with Crippen molar-refractivity contribution in [3.63, 3.8) is 0 Å². The zero-order valence-electron chi connectivity index (χ0n) is 28.2. The Morgan fingerprint density at radius 3 is 2.43 bits per heavy atom. The average Bonchev–Trinajstić information content (AvgIpc) is 3.01. The number of rotatable bonds is 8. The van der Waals surface area contributed by atoms with E-state index in [2.05, 4.69) is 42.5 Å². The Hall–Kier alpha value is -4.14. The van der Waals surface area contributed by atoms with Crippen molar-refractivity contribution < 1.29 is 19.8 Å². The Kier molecular flexibility index (Phi) is 10.6. The Morgan fingerprint density at radius 1 is 1.13 bits per heavy atom. The molecule has 0 aromatic heterocycles. The van der Waals surface area contributed by atoms with Gasteiger partial charge in [0.15, 0.2) is 5.78 Å². The Balaban J connectivity index is 0.00000154. The maximum absolute atomic E-state index is 13.8. The lowest BCUT2D eigenvalue weighted by molar-refractivity contribution is -0.128. The van der Waals surface area contributed by atoms with Gasteiger partial charge in [-0.3, -0.25) is 9.59 Å². The predicted molar refractivity (Wildman–Crippen MR) is 186 cm³/mol. The molecule has 3 aliphatic rings. The predicted octanol–water partition coefficient (Wildman–Crippen LogP) is 5.75. The van der Waals surface area contributed by atoms with Crippen molar-refractivity contribution in [2.45, 2.75) is 47.0 Å². The molecule has 0 saturated heterocycles. The molecular formula is C38H50N4O4. The second-order valence-electron chi connectivity index (χ2n) is 12.8. The van der Waals surface area contributed by atoms with Crippen LogP contribution in [0, 0.1) is 17.3 Å². The number of allylic oxidation sites excluding steroid dienone is 5. The van der Waals surface area contributed by atoms with Crippen molar-refractivity contribution in [1.29, 1.82) is 0 Å². The standard InChI is InChI=1S/C36H43N3O4.C2H7N/c1-7-39(8-2)15-14-38-35(43)24-11-9-10-23(17-24)27-12-13-29(40)32-21(4)31-25(19-28(27)32)18-26-16-20(3)30(22(5)37)33(41)36(26,6)34(31)42;1-3-2/h9-13,17,25-26,40,42H,4-5,7-8,14-16,18-19,37H2,1-3,6H3,(H,38,43);3H,1-2H3/t25?,26-,36+;/m1./s1. The van der Waals surface area contributed by atoms with Gasteiger partial charge < -0.3 is 31.5 Å². The summed E-state index contributed by atoms with van der Waals surface area (Å²) in [5.41, 5.74) is 11.4. The highest BCUT2D eigenvalue weighted by atomic mass is 16.3. The summed E-state index contributed by atoms with van der Waals surface area (Å²) in [5, 5.41) is 28.6. The van der Waals surface area contributed by atoms with Crippen molar-refractivity contribution >= 4 is 17.3 Å². The lowest BCUT2D eigenvalue weighted by atomic mass is 9.54. The fourth-order valence-corrected chi connectivity index (χ4v) is 7.50. The average molecular weight is 627 g/mol. The van der Waals surface area contributed by atoms with Gasteiger partial charge in [-0.05, 0) is 113 Å². The molecule has 8 heteroatoms. The summed E-state index contributed by atoms with van der Waals surface area (Å²) >= 11 is 0. The van der Waals surface area contributed by atoms with E-state index in [0.29, 0.717) is 53.7 Å². The van der Waals surface area contributed by atoms with Gasteiger partial charge in [0.05, 0.1) is 5.41 Å². The molecule has 0 aliphatic heterocycles. The summed E-state index contributed by atoms with van der Waals surface area (Å²) in [4.78, 5) is 29.1. The van der Waals surface area contributed by atoms with Crippen LogP contribution in [0.2, 0.25) is 0 Å². The highest BCUT2D eigenvalue weighted by Crippen LogP contribution is 2.59. The number of hydrogen-bond acceptors (Lipinski definition) is 7. The maximum atomic E-state index is 13.8. The van der Waals surface area contributed by atoms with E-state index in [9.17, 15) is 19.8 Å². The van der Waals surface area contributed by atoms with Crippen molar-refractivity contribution in [1.82, 2.24) is 15.5 Å². The number of aliphatic hydroxyl groups excluding tert-OH is 1. The number of nitrogens with two attached hydrogens (primary N) is 1. The Labute approximate surface area is 273 Å². The highest BCUT2D eigenvalue weighted by molar-refractivity contribution is 6.07. The molecule has 3 atom stereocenters. The van der Waals surface area contributed by atoms with Gasteiger partial charge in [0.1, 0.15) is 11.5 Å². The van der Waals surface area contributed by atoms with E-state index in [0.717, 1.165) is 41.9 Å². The van der Waals surface area contributed by atoms with Gasteiger partial charge >= 0.3 is 0 Å². The summed E-state index contributed by atoms with van der Waals surface area (Å²) in [7, 11) is 3.75. The van der Waals surface area contributed by atoms with Gasteiger partial charge in [-0.1, -0.05) is 50.8 Å². The number of nitrogens with one attached hydrogen (secondary N) is 2. The lowest BCUT2D eigenvalue weighted by Gasteiger charge is -2.49. The minimum Gasteiger partial charge on any atom is -0.511 e. The second-order valence-corrected chi connectivity index (χ2v) is 12.8. The summed E-state index contributed by atoms with van der Waals surface area (Å²) in [6.45, 7) is 19.3. The number of fused-ring (bicyclic) bond motifs is 3. The van der Waals surface area contributed by atoms with E-state index in [1.54, 1.807) is 13.0 Å². The molecule has 6 N–H and O–H groups in total. The van der Waals surface area contributed by atoms with Crippen molar-refractivity contribution in [3.8, 4) is 16.9 Å². The minimum atomic E-state index is -1.14. The number of amides is 1. The molecule has 0 heterocycles. The van der Waals surface area contributed by atoms with Crippen LogP contribution in [0.5, 0.6) is 5.75 Å². The fourth-order valence-electron chi connectivity index (χ4n) is 7.50. The molecule has 3 aliphatic carbocycles. The molecule has 1 unspecified atom stereocenters. The number of hydrogen-bond donors (Lipinski definition) is 5. The molecule has 2 aromatic carbocycles. The first-order valence-electron chi connectivity index (χ1n) is 16.2. The summed E-state index contributed by atoms with van der Waals surface area (Å²) < 4.78 is 0. The Bertz CT molecular complexity index is 1620. The number of Topliss-reactive ketones (excluding diaryl/α,β-unsaturated/α-hetero) is 1. The number of nitrogens with zero attached hydrogens (tertiary/aromatic N) is 1. The number of carbonyl (C=O) groups excluding carboxylic acids is 2. The van der Waals surface area contributed by atoms with E-state index in [4.69, 9.17) is 5.73 Å². The molecule has 0 saturated carbocycles. The molecule has 0 bridgehead atoms. The number of likely N-dealkylation sites (N-methyl/N-ethyl adjacent to an activating group) is 1. The molecule has 0 fully saturated rings. The number of aliphatic hydroxyl groups is 1. The Morgan fingerprint density at radius 2 is 1.80 bits per heavy atom. The van der Waals surface area contributed by atoms with Crippen LogP contribution in [0.1, 0.15) is 62.0 Å². The van der Waals surface area contributed by atoms with E-state index in [-0.39, 0.29) is 40.7 Å². The van der Waals surface area contributed by atoms with Gasteiger partial charge in [-0.15, -0.1) is 0 Å². The summed E-state index contributed by atoms with van der Waals surface area (Å²) in [5.74, 6) is -0.418. The van der Waals surface area contributed by atoms with Crippen LogP contribution in [0.4, 0.5) is 0 Å². The van der Waals surface area contributed by atoms with Crippen molar-refractivity contribution in [3.05, 3.63) is 94.4 Å². The quantitative estimate of drug-likeness (QED) is 0.252. The largest absolute Gasteiger partial charge is 0.511 e. The zero-order valence-corrected chi connectivity index (χ0v) is 28.2. The van der Waals surface area contributed by atoms with E-state index >= 15 is 0 Å². The molecule has 1 amide bonds. The van der Waals surface area contributed by atoms with Crippen molar-refractivity contribution in [2.24, 2.45) is 23.0 Å². The molecule has 0 spiro atoms. The van der Waals surface area contributed by atoms with E-state index in [1.165, 1.54) is 0 Å². The number of aromatic hydroxyl groups is 1. The second kappa shape index (κ2) is 14.1. The molecule has 0 radical (unpaired) electrons. The third kappa shape index (κ3) is 6.16. The van der Waals surface area contributed by atoms with Crippen LogP contribution in [-0.2, 0) is 11.2 Å². The number of ketones is 1. The lowest BCUT2D eigenvalue weighted by Crippen LogP contribution is -2.48. The number of carbonyl (C=O) groups is 2. The smallest absolute Gasteiger partial charge is 0.251 e. The number of benzene rings is 2. The van der Waals surface area contributed by atoms with Crippen LogP contribution in [-0.4, -0.2) is 67.1 Å². The van der Waals surface area contributed by atoms with Crippen LogP contribution < -0.4 is 16.4 Å². The minimum absolute atomic E-state index is 0.0221. The van der Waals surface area contributed by atoms with Gasteiger partial charge in [-0.2, -0.15) is 0 Å². The summed E-state index contributed by atoms with van der Waals surface area (Å²) in [6, 6.07) is 11.1. The van der Waals surface area contributed by atoms with E-state index in [1.807, 2.05) is 51.4 Å². The third-order valence-electron chi connectivity index (χ3n) is 9.95. The highest BCUT2D eigenvalue weighted by Gasteiger charge is 2.55. The van der Waals surface area contributed by atoms with Crippen LogP contribution >= 0.6 is 0 Å². The van der Waals surface area contributed by atoms with Crippen molar-refractivity contribution in [2.75, 3.05) is 40.3 Å². The maximum Gasteiger partial charge on any atom is 0.251 e. The SMILES string of the molecule is C=C(N)C1=C(C)C[C@@H]2CC3Cc4c(-c5cccc(C(=O)NCCN(CC)CC)c5)ccc(O)c4C(=C)C3=C(O)[C@]2(C)C1=O.CNC. The third-order valence-corrected chi connectivity index (χ3v) is 9.95. The van der Waals surface area contributed by atoms with Crippen LogP contribution in [0.3, 0.4) is 0 Å². The molecule has 2 aromatic rings. The van der Waals surface area contributed by atoms with Gasteiger partial charge in [0.25, 0.3) is 5.91 Å². The molecular weight excluding hydrogens is 576 g/mol. The normalized spacial score (nSPS) is 22.1. The molecule has 5 rings (SSSR count). The molecule has 246 valence electrons. The monoisotopic (exact) mass is 626 g/mol. The fraction of sp³-hybridized carbons (Fsp3) is 0.421. The first-order chi connectivity index (χ1) is 21.8. The van der Waals surface area contributed by atoms with Gasteiger partial charge in [0, 0.05) is 41.1 Å². The van der Waals surface area contributed by atoms with Crippen LogP contribution in [0.15, 0.2) is 77.7 Å². The topological polar surface area (TPSA) is 128 Å².